The van der Waals surface area contributed by atoms with E-state index in [1.165, 1.54) is 0 Å². The third kappa shape index (κ3) is 1.23. The van der Waals surface area contributed by atoms with Crippen molar-refractivity contribution in [1.82, 2.24) is 4.98 Å². The highest BCUT2D eigenvalue weighted by Gasteiger charge is 2.28. The monoisotopic (exact) mass is 211 g/mol. The highest BCUT2D eigenvalue weighted by molar-refractivity contribution is 6.33. The van der Waals surface area contributed by atoms with Crippen molar-refractivity contribution in [3.05, 3.63) is 17.4 Å². The molecule has 0 fully saturated rings. The van der Waals surface area contributed by atoms with E-state index in [9.17, 15) is 4.79 Å². The molecular formula is C9H10ClN3O. The van der Waals surface area contributed by atoms with E-state index in [4.69, 9.17) is 11.6 Å². The quantitative estimate of drug-likeness (QED) is 0.662. The largest absolute Gasteiger partial charge is 0.359 e. The third-order valence-corrected chi connectivity index (χ3v) is 2.73. The van der Waals surface area contributed by atoms with Crippen LogP contribution in [0.4, 0.5) is 11.4 Å². The number of amides is 1. The SMILES string of the molecule is C[C@H]1C(=O)Nc2ccnc(Cl)c2N1C. The number of carbonyl (C=O) groups is 1. The summed E-state index contributed by atoms with van der Waals surface area (Å²) in [6.45, 7) is 1.82. The van der Waals surface area contributed by atoms with Crippen LogP contribution in [-0.2, 0) is 4.79 Å². The summed E-state index contributed by atoms with van der Waals surface area (Å²) in [5.74, 6) is -0.0257. The van der Waals surface area contributed by atoms with Gasteiger partial charge >= 0.3 is 0 Å². The highest BCUT2D eigenvalue weighted by Crippen LogP contribution is 2.35. The zero-order valence-electron chi connectivity index (χ0n) is 7.91. The maximum atomic E-state index is 11.5. The van der Waals surface area contributed by atoms with Gasteiger partial charge in [-0.2, -0.15) is 0 Å². The second-order valence-corrected chi connectivity index (χ2v) is 3.63. The summed E-state index contributed by atoms with van der Waals surface area (Å²) < 4.78 is 0. The number of fused-ring (bicyclic) bond motifs is 1. The number of pyridine rings is 1. The van der Waals surface area contributed by atoms with Gasteiger partial charge < -0.3 is 10.2 Å². The van der Waals surface area contributed by atoms with E-state index in [0.29, 0.717) is 5.15 Å². The molecule has 0 unspecified atom stereocenters. The van der Waals surface area contributed by atoms with Crippen molar-refractivity contribution in [2.75, 3.05) is 17.3 Å². The molecule has 0 bridgehead atoms. The Bertz CT molecular complexity index is 394. The molecule has 0 aromatic carbocycles. The number of anilines is 2. The van der Waals surface area contributed by atoms with Crippen molar-refractivity contribution >= 4 is 28.9 Å². The van der Waals surface area contributed by atoms with Crippen LogP contribution in [0, 0.1) is 0 Å². The van der Waals surface area contributed by atoms with Gasteiger partial charge in [0.2, 0.25) is 5.91 Å². The van der Waals surface area contributed by atoms with Crippen molar-refractivity contribution in [3.63, 3.8) is 0 Å². The van der Waals surface area contributed by atoms with E-state index in [0.717, 1.165) is 11.4 Å². The molecular weight excluding hydrogens is 202 g/mol. The zero-order valence-corrected chi connectivity index (χ0v) is 8.67. The van der Waals surface area contributed by atoms with Gasteiger partial charge in [0.05, 0.1) is 11.4 Å². The minimum absolute atomic E-state index is 0.0257. The number of halogens is 1. The smallest absolute Gasteiger partial charge is 0.246 e. The first-order valence-corrected chi connectivity index (χ1v) is 4.67. The molecule has 0 aliphatic carbocycles. The molecule has 1 N–H and O–H groups in total. The Hall–Kier alpha value is -1.29. The lowest BCUT2D eigenvalue weighted by molar-refractivity contribution is -0.117. The average molecular weight is 212 g/mol. The van der Waals surface area contributed by atoms with Crippen LogP contribution in [0.1, 0.15) is 6.92 Å². The van der Waals surface area contributed by atoms with E-state index < -0.39 is 0 Å². The minimum Gasteiger partial charge on any atom is -0.359 e. The predicted octanol–water partition coefficient (Wildman–Crippen LogP) is 1.51. The lowest BCUT2D eigenvalue weighted by atomic mass is 10.1. The number of nitrogens with zero attached hydrogens (tertiary/aromatic N) is 2. The topological polar surface area (TPSA) is 45.2 Å². The number of hydrogen-bond donors (Lipinski definition) is 1. The van der Waals surface area contributed by atoms with Gasteiger partial charge in [0.25, 0.3) is 0 Å². The Balaban J connectivity index is 2.56. The Labute approximate surface area is 86.9 Å². The third-order valence-electron chi connectivity index (χ3n) is 2.45. The number of hydrogen-bond acceptors (Lipinski definition) is 3. The Morgan fingerprint density at radius 1 is 1.64 bits per heavy atom. The molecule has 4 nitrogen and oxygen atoms in total. The molecule has 2 rings (SSSR count). The molecule has 1 aromatic rings. The summed E-state index contributed by atoms with van der Waals surface area (Å²) in [5.41, 5.74) is 1.50. The molecule has 1 atom stereocenters. The van der Waals surface area contributed by atoms with Crippen LogP contribution in [0.5, 0.6) is 0 Å². The maximum absolute atomic E-state index is 11.5. The van der Waals surface area contributed by atoms with Gasteiger partial charge in [-0.25, -0.2) is 4.98 Å². The van der Waals surface area contributed by atoms with Crippen molar-refractivity contribution in [2.45, 2.75) is 13.0 Å². The summed E-state index contributed by atoms with van der Waals surface area (Å²) in [5, 5.41) is 3.19. The van der Waals surface area contributed by atoms with E-state index >= 15 is 0 Å². The minimum atomic E-state index is -0.218. The van der Waals surface area contributed by atoms with Gasteiger partial charge in [-0.3, -0.25) is 4.79 Å². The zero-order chi connectivity index (χ0) is 10.3. The van der Waals surface area contributed by atoms with E-state index in [-0.39, 0.29) is 11.9 Å². The first-order chi connectivity index (χ1) is 6.61. The summed E-state index contributed by atoms with van der Waals surface area (Å²) >= 11 is 5.95. The average Bonchev–Trinajstić information content (AvgIpc) is 2.14. The Morgan fingerprint density at radius 2 is 2.36 bits per heavy atom. The molecule has 1 aliphatic rings. The van der Waals surface area contributed by atoms with Crippen molar-refractivity contribution < 1.29 is 4.79 Å². The molecule has 1 amide bonds. The molecule has 0 radical (unpaired) electrons. The number of aromatic nitrogens is 1. The van der Waals surface area contributed by atoms with Crippen LogP contribution in [-0.4, -0.2) is 24.0 Å². The fourth-order valence-electron chi connectivity index (χ4n) is 1.47. The summed E-state index contributed by atoms with van der Waals surface area (Å²) in [7, 11) is 1.83. The second kappa shape index (κ2) is 3.13. The number of rotatable bonds is 0. The van der Waals surface area contributed by atoms with Crippen LogP contribution in [0.3, 0.4) is 0 Å². The van der Waals surface area contributed by atoms with Crippen LogP contribution < -0.4 is 10.2 Å². The molecule has 0 spiro atoms. The van der Waals surface area contributed by atoms with Gasteiger partial charge in [0, 0.05) is 13.2 Å². The highest BCUT2D eigenvalue weighted by atomic mass is 35.5. The first-order valence-electron chi connectivity index (χ1n) is 4.29. The number of likely N-dealkylation sites (N-methyl/N-ethyl adjacent to an activating group) is 1. The summed E-state index contributed by atoms with van der Waals surface area (Å²) in [6, 6.07) is 1.52. The van der Waals surface area contributed by atoms with Crippen molar-refractivity contribution in [2.24, 2.45) is 0 Å². The van der Waals surface area contributed by atoms with Gasteiger partial charge in [0.1, 0.15) is 6.04 Å². The molecule has 1 aliphatic heterocycles. The van der Waals surface area contributed by atoms with Gasteiger partial charge in [-0.1, -0.05) is 11.6 Å². The summed E-state index contributed by atoms with van der Waals surface area (Å²) in [4.78, 5) is 17.3. The second-order valence-electron chi connectivity index (χ2n) is 3.27. The lowest BCUT2D eigenvalue weighted by Gasteiger charge is -2.33. The molecule has 2 heterocycles. The fraction of sp³-hybridized carbons (Fsp3) is 0.333. The van der Waals surface area contributed by atoms with Crippen LogP contribution in [0.15, 0.2) is 12.3 Å². The maximum Gasteiger partial charge on any atom is 0.246 e. The fourth-order valence-corrected chi connectivity index (χ4v) is 1.76. The lowest BCUT2D eigenvalue weighted by Crippen LogP contribution is -2.44. The molecule has 0 saturated carbocycles. The molecule has 5 heteroatoms. The number of nitrogens with one attached hydrogen (secondary N) is 1. The van der Waals surface area contributed by atoms with Crippen molar-refractivity contribution in [1.29, 1.82) is 0 Å². The van der Waals surface area contributed by atoms with E-state index in [1.54, 1.807) is 12.3 Å². The van der Waals surface area contributed by atoms with Gasteiger partial charge in [-0.15, -0.1) is 0 Å². The first kappa shape index (κ1) is 9.27. The Kier molecular flexibility index (Phi) is 2.07. The molecule has 1 aromatic heterocycles. The van der Waals surface area contributed by atoms with Crippen LogP contribution >= 0.6 is 11.6 Å². The number of carbonyl (C=O) groups excluding carboxylic acids is 1. The molecule has 0 saturated heterocycles. The van der Waals surface area contributed by atoms with Crippen LogP contribution in [0.2, 0.25) is 5.15 Å². The Morgan fingerprint density at radius 3 is 3.07 bits per heavy atom. The molecule has 14 heavy (non-hydrogen) atoms. The van der Waals surface area contributed by atoms with Gasteiger partial charge in [0.15, 0.2) is 5.15 Å². The summed E-state index contributed by atoms with van der Waals surface area (Å²) in [6.07, 6.45) is 1.57. The van der Waals surface area contributed by atoms with Crippen molar-refractivity contribution in [3.8, 4) is 0 Å². The van der Waals surface area contributed by atoms with E-state index in [2.05, 4.69) is 10.3 Å². The van der Waals surface area contributed by atoms with E-state index in [1.807, 2.05) is 18.9 Å². The van der Waals surface area contributed by atoms with Crippen LogP contribution in [0.25, 0.3) is 0 Å². The normalized spacial score (nSPS) is 20.4. The standard InChI is InChI=1S/C9H10ClN3O/c1-5-9(14)12-6-3-4-11-8(10)7(6)13(5)2/h3-5H,1-2H3,(H,12,14)/t5-/m0/s1. The van der Waals surface area contributed by atoms with Gasteiger partial charge in [-0.05, 0) is 13.0 Å². The molecule has 74 valence electrons. The predicted molar refractivity (Wildman–Crippen MR) is 55.7 cm³/mol.